The van der Waals surface area contributed by atoms with Crippen molar-refractivity contribution in [2.24, 2.45) is 5.73 Å². The monoisotopic (exact) mass is 294 g/mol. The fraction of sp³-hybridized carbons (Fsp3) is 0.500. The van der Waals surface area contributed by atoms with Gasteiger partial charge in [-0.2, -0.15) is 0 Å². The Morgan fingerprint density at radius 3 is 2.47 bits per heavy atom. The number of benzene rings is 1. The molecule has 1 atom stereocenters. The van der Waals surface area contributed by atoms with Gasteiger partial charge >= 0.3 is 0 Å². The SMILES string of the molecule is COc1ccc(C(CN)NCC(F)F)c(Cl)c1OC. The molecule has 1 aromatic carbocycles. The third kappa shape index (κ3) is 3.92. The molecule has 108 valence electrons. The molecule has 1 rings (SSSR count). The third-order valence-corrected chi connectivity index (χ3v) is 3.03. The van der Waals surface area contributed by atoms with Crippen LogP contribution in [0, 0.1) is 0 Å². The van der Waals surface area contributed by atoms with Crippen LogP contribution in [0.1, 0.15) is 11.6 Å². The van der Waals surface area contributed by atoms with Gasteiger partial charge in [0.25, 0.3) is 6.43 Å². The smallest absolute Gasteiger partial charge is 0.250 e. The lowest BCUT2D eigenvalue weighted by Crippen LogP contribution is -2.32. The fourth-order valence-electron chi connectivity index (χ4n) is 1.73. The minimum absolute atomic E-state index is 0.141. The molecule has 0 radical (unpaired) electrons. The Kier molecular flexibility index (Phi) is 6.27. The maximum absolute atomic E-state index is 12.2. The minimum Gasteiger partial charge on any atom is -0.493 e. The van der Waals surface area contributed by atoms with Crippen molar-refractivity contribution in [3.8, 4) is 11.5 Å². The van der Waals surface area contributed by atoms with Gasteiger partial charge in [-0.25, -0.2) is 8.78 Å². The Labute approximate surface area is 115 Å². The first-order chi connectivity index (χ1) is 9.04. The molecule has 0 aromatic heterocycles. The number of alkyl halides is 2. The lowest BCUT2D eigenvalue weighted by Gasteiger charge is -2.20. The van der Waals surface area contributed by atoms with Crippen molar-refractivity contribution < 1.29 is 18.3 Å². The lowest BCUT2D eigenvalue weighted by molar-refractivity contribution is 0.141. The average Bonchev–Trinajstić information content (AvgIpc) is 2.40. The molecule has 7 heteroatoms. The molecule has 3 N–H and O–H groups in total. The number of hydrogen-bond acceptors (Lipinski definition) is 4. The summed E-state index contributed by atoms with van der Waals surface area (Å²) in [6.45, 7) is -0.311. The van der Waals surface area contributed by atoms with Gasteiger partial charge in [-0.05, 0) is 11.6 Å². The van der Waals surface area contributed by atoms with E-state index in [-0.39, 0.29) is 6.54 Å². The van der Waals surface area contributed by atoms with E-state index < -0.39 is 19.0 Å². The maximum atomic E-state index is 12.2. The summed E-state index contributed by atoms with van der Waals surface area (Å²) in [6.07, 6.45) is -2.45. The van der Waals surface area contributed by atoms with Gasteiger partial charge in [0, 0.05) is 12.6 Å². The van der Waals surface area contributed by atoms with Crippen LogP contribution < -0.4 is 20.5 Å². The summed E-state index contributed by atoms with van der Waals surface area (Å²) in [5.74, 6) is 0.833. The molecule has 4 nitrogen and oxygen atoms in total. The van der Waals surface area contributed by atoms with Crippen LogP contribution in [0.25, 0.3) is 0 Å². The second-order valence-corrected chi connectivity index (χ2v) is 4.17. The van der Waals surface area contributed by atoms with Crippen LogP contribution in [0.15, 0.2) is 12.1 Å². The molecule has 19 heavy (non-hydrogen) atoms. The Morgan fingerprint density at radius 1 is 1.32 bits per heavy atom. The van der Waals surface area contributed by atoms with Crippen LogP contribution in [0.3, 0.4) is 0 Å². The Hall–Kier alpha value is -1.11. The molecule has 0 bridgehead atoms. The Balaban J connectivity index is 3.04. The summed E-state index contributed by atoms with van der Waals surface area (Å²) in [6, 6.07) is 2.87. The topological polar surface area (TPSA) is 56.5 Å². The van der Waals surface area contributed by atoms with E-state index in [1.807, 2.05) is 0 Å². The van der Waals surface area contributed by atoms with E-state index in [2.05, 4.69) is 5.32 Å². The van der Waals surface area contributed by atoms with E-state index in [1.54, 1.807) is 12.1 Å². The number of hydrogen-bond donors (Lipinski definition) is 2. The van der Waals surface area contributed by atoms with Crippen LogP contribution in [0.2, 0.25) is 5.02 Å². The first kappa shape index (κ1) is 15.9. The maximum Gasteiger partial charge on any atom is 0.250 e. The second-order valence-electron chi connectivity index (χ2n) is 3.79. The van der Waals surface area contributed by atoms with E-state index in [0.717, 1.165) is 0 Å². The Morgan fingerprint density at radius 2 is 2.00 bits per heavy atom. The average molecular weight is 295 g/mol. The molecule has 1 unspecified atom stereocenters. The van der Waals surface area contributed by atoms with Crippen molar-refractivity contribution in [2.75, 3.05) is 27.3 Å². The summed E-state index contributed by atoms with van der Waals surface area (Å²) in [5, 5.41) is 2.96. The molecule has 0 saturated carbocycles. The van der Waals surface area contributed by atoms with E-state index >= 15 is 0 Å². The van der Waals surface area contributed by atoms with E-state index in [0.29, 0.717) is 22.1 Å². The van der Waals surface area contributed by atoms with Gasteiger partial charge in [-0.1, -0.05) is 17.7 Å². The van der Waals surface area contributed by atoms with Gasteiger partial charge in [-0.3, -0.25) is 0 Å². The molecule has 0 spiro atoms. The zero-order valence-corrected chi connectivity index (χ0v) is 11.5. The summed E-state index contributed by atoms with van der Waals surface area (Å²) in [4.78, 5) is 0. The van der Waals surface area contributed by atoms with Gasteiger partial charge in [0.15, 0.2) is 11.5 Å². The number of halogens is 3. The van der Waals surface area contributed by atoms with Gasteiger partial charge in [0.1, 0.15) is 0 Å². The highest BCUT2D eigenvalue weighted by Crippen LogP contribution is 2.39. The standard InChI is InChI=1S/C12H17ClF2N2O2/c1-18-9-4-3-7(11(13)12(9)19-2)8(5-16)17-6-10(14)15/h3-4,8,10,17H,5-6,16H2,1-2H3. The molecular formula is C12H17ClF2N2O2. The number of nitrogens with one attached hydrogen (secondary N) is 1. The van der Waals surface area contributed by atoms with Crippen molar-refractivity contribution in [3.05, 3.63) is 22.7 Å². The molecule has 0 saturated heterocycles. The first-order valence-electron chi connectivity index (χ1n) is 5.67. The van der Waals surface area contributed by atoms with Crippen LogP contribution in [0.5, 0.6) is 11.5 Å². The highest BCUT2D eigenvalue weighted by Gasteiger charge is 2.20. The molecule has 0 amide bonds. The van der Waals surface area contributed by atoms with Crippen LogP contribution in [-0.4, -0.2) is 33.7 Å². The van der Waals surface area contributed by atoms with Gasteiger partial charge in [-0.15, -0.1) is 0 Å². The number of rotatable bonds is 7. The number of nitrogens with two attached hydrogens (primary N) is 1. The zero-order valence-electron chi connectivity index (χ0n) is 10.8. The summed E-state index contributed by atoms with van der Waals surface area (Å²) >= 11 is 6.19. The van der Waals surface area contributed by atoms with Gasteiger partial charge in [0.2, 0.25) is 0 Å². The molecule has 0 aliphatic heterocycles. The highest BCUT2D eigenvalue weighted by molar-refractivity contribution is 6.33. The molecule has 0 aliphatic rings. The fourth-order valence-corrected chi connectivity index (χ4v) is 2.09. The van der Waals surface area contributed by atoms with Crippen molar-refractivity contribution in [1.82, 2.24) is 5.32 Å². The lowest BCUT2D eigenvalue weighted by atomic mass is 10.1. The molecule has 0 aliphatic carbocycles. The van der Waals surface area contributed by atoms with E-state index in [9.17, 15) is 8.78 Å². The summed E-state index contributed by atoms with van der Waals surface area (Å²) in [5.41, 5.74) is 6.18. The minimum atomic E-state index is -2.45. The molecule has 0 fully saturated rings. The van der Waals surface area contributed by atoms with Gasteiger partial charge < -0.3 is 20.5 Å². The largest absolute Gasteiger partial charge is 0.493 e. The van der Waals surface area contributed by atoms with E-state index in [4.69, 9.17) is 26.8 Å². The summed E-state index contributed by atoms with van der Waals surface area (Å²) in [7, 11) is 2.95. The van der Waals surface area contributed by atoms with Crippen molar-refractivity contribution in [1.29, 1.82) is 0 Å². The quantitative estimate of drug-likeness (QED) is 0.809. The van der Waals surface area contributed by atoms with Crippen LogP contribution in [-0.2, 0) is 0 Å². The number of methoxy groups -OCH3 is 2. The van der Waals surface area contributed by atoms with Crippen molar-refractivity contribution >= 4 is 11.6 Å². The predicted molar refractivity (Wildman–Crippen MR) is 70.4 cm³/mol. The number of ether oxygens (including phenoxy) is 2. The van der Waals surface area contributed by atoms with E-state index in [1.165, 1.54) is 14.2 Å². The van der Waals surface area contributed by atoms with Crippen LogP contribution in [0.4, 0.5) is 8.78 Å². The Bertz CT molecular complexity index is 419. The van der Waals surface area contributed by atoms with Crippen LogP contribution >= 0.6 is 11.6 Å². The zero-order chi connectivity index (χ0) is 14.4. The molecule has 1 aromatic rings. The van der Waals surface area contributed by atoms with Crippen molar-refractivity contribution in [3.63, 3.8) is 0 Å². The molecular weight excluding hydrogens is 278 g/mol. The van der Waals surface area contributed by atoms with Crippen molar-refractivity contribution in [2.45, 2.75) is 12.5 Å². The summed E-state index contributed by atoms with van der Waals surface area (Å²) < 4.78 is 34.7. The molecule has 0 heterocycles. The normalized spacial score (nSPS) is 12.6. The van der Waals surface area contributed by atoms with Gasteiger partial charge in [0.05, 0.1) is 25.8 Å². The predicted octanol–water partition coefficient (Wildman–Crippen LogP) is 2.21. The second kappa shape index (κ2) is 7.47. The highest BCUT2D eigenvalue weighted by atomic mass is 35.5. The third-order valence-electron chi connectivity index (χ3n) is 2.64. The first-order valence-corrected chi connectivity index (χ1v) is 6.04.